The Morgan fingerprint density at radius 1 is 1.16 bits per heavy atom. The van der Waals surface area contributed by atoms with Crippen LogP contribution in [0.5, 0.6) is 0 Å². The summed E-state index contributed by atoms with van der Waals surface area (Å²) >= 11 is 0. The van der Waals surface area contributed by atoms with E-state index in [1.807, 2.05) is 0 Å². The van der Waals surface area contributed by atoms with Crippen molar-refractivity contribution in [1.82, 2.24) is 14.5 Å². The van der Waals surface area contributed by atoms with Crippen molar-refractivity contribution in [3.05, 3.63) is 71.7 Å². The third-order valence-electron chi connectivity index (χ3n) is 4.90. The van der Waals surface area contributed by atoms with Crippen LogP contribution >= 0.6 is 0 Å². The highest BCUT2D eigenvalue weighted by Gasteiger charge is 2.20. The summed E-state index contributed by atoms with van der Waals surface area (Å²) in [5, 5.41) is 13.1. The molecule has 0 aliphatic heterocycles. The minimum Gasteiger partial charge on any atom is -0.383 e. The van der Waals surface area contributed by atoms with Crippen LogP contribution in [0.25, 0.3) is 22.2 Å². The number of aliphatic hydroxyl groups excluding tert-OH is 1. The van der Waals surface area contributed by atoms with E-state index in [2.05, 4.69) is 15.3 Å². The van der Waals surface area contributed by atoms with Crippen molar-refractivity contribution in [2.24, 2.45) is 7.05 Å². The number of aromatic nitrogens is 3. The Morgan fingerprint density at radius 2 is 1.94 bits per heavy atom. The molecule has 0 fully saturated rings. The normalized spacial score (nSPS) is 12.2. The molecular formula is C22H19F2N5O2. The van der Waals surface area contributed by atoms with Crippen molar-refractivity contribution in [3.8, 4) is 11.1 Å². The molecule has 2 aromatic carbocycles. The van der Waals surface area contributed by atoms with Crippen LogP contribution in [-0.2, 0) is 11.8 Å². The predicted octanol–water partition coefficient (Wildman–Crippen LogP) is 3.48. The lowest BCUT2D eigenvalue weighted by atomic mass is 10.0. The molecule has 2 aromatic heterocycles. The number of nitrogen functional groups attached to an aromatic ring is 1. The maximum absolute atomic E-state index is 15.0. The molecule has 4 rings (SSSR count). The van der Waals surface area contributed by atoms with Crippen molar-refractivity contribution >= 4 is 28.4 Å². The zero-order chi connectivity index (χ0) is 22.3. The SMILES string of the molecule is Cc1nc(N)c2c(-c3ccc(NC(=O)C(O)c4cccc(F)c4)cc3F)cn(C)c2n1. The predicted molar refractivity (Wildman–Crippen MR) is 113 cm³/mol. The van der Waals surface area contributed by atoms with Crippen LogP contribution < -0.4 is 11.1 Å². The quantitative estimate of drug-likeness (QED) is 0.466. The minimum absolute atomic E-state index is 0.0936. The number of hydrogen-bond donors (Lipinski definition) is 3. The molecule has 0 saturated carbocycles. The number of nitrogens with one attached hydrogen (secondary N) is 1. The average molecular weight is 423 g/mol. The molecule has 7 nitrogen and oxygen atoms in total. The van der Waals surface area contributed by atoms with E-state index in [0.29, 0.717) is 22.4 Å². The Hall–Kier alpha value is -3.85. The number of hydrogen-bond acceptors (Lipinski definition) is 5. The van der Waals surface area contributed by atoms with Crippen molar-refractivity contribution in [1.29, 1.82) is 0 Å². The van der Waals surface area contributed by atoms with Crippen molar-refractivity contribution in [2.45, 2.75) is 13.0 Å². The van der Waals surface area contributed by atoms with Crippen LogP contribution in [0, 0.1) is 18.6 Å². The van der Waals surface area contributed by atoms with Crippen LogP contribution in [0.4, 0.5) is 20.3 Å². The molecule has 1 atom stereocenters. The number of carbonyl (C=O) groups is 1. The van der Waals surface area contributed by atoms with E-state index in [-0.39, 0.29) is 22.6 Å². The maximum Gasteiger partial charge on any atom is 0.257 e. The molecule has 0 spiro atoms. The molecule has 9 heteroatoms. The van der Waals surface area contributed by atoms with Gasteiger partial charge in [0.2, 0.25) is 0 Å². The standard InChI is InChI=1S/C22H19F2N5O2/c1-11-26-20(25)18-16(10-29(2)21(18)27-11)15-7-6-14(9-17(15)24)28-22(31)19(30)12-4-3-5-13(23)8-12/h3-10,19,30H,1-2H3,(H,28,31)(H2,25,26,27). The van der Waals surface area contributed by atoms with E-state index < -0.39 is 23.6 Å². The highest BCUT2D eigenvalue weighted by Crippen LogP contribution is 2.35. The molecular weight excluding hydrogens is 404 g/mol. The topological polar surface area (TPSA) is 106 Å². The molecule has 1 amide bonds. The highest BCUT2D eigenvalue weighted by molar-refractivity contribution is 6.01. The van der Waals surface area contributed by atoms with Crippen LogP contribution in [0.3, 0.4) is 0 Å². The highest BCUT2D eigenvalue weighted by atomic mass is 19.1. The monoisotopic (exact) mass is 423 g/mol. The zero-order valence-electron chi connectivity index (χ0n) is 16.7. The van der Waals surface area contributed by atoms with Crippen molar-refractivity contribution < 1.29 is 18.7 Å². The molecule has 0 aliphatic carbocycles. The van der Waals surface area contributed by atoms with Gasteiger partial charge in [-0.15, -0.1) is 0 Å². The third-order valence-corrected chi connectivity index (χ3v) is 4.90. The van der Waals surface area contributed by atoms with Gasteiger partial charge in [0.05, 0.1) is 5.39 Å². The van der Waals surface area contributed by atoms with Crippen LogP contribution in [0.1, 0.15) is 17.5 Å². The smallest absolute Gasteiger partial charge is 0.257 e. The second kappa shape index (κ2) is 7.77. The van der Waals surface area contributed by atoms with Gasteiger partial charge in [0.15, 0.2) is 6.10 Å². The van der Waals surface area contributed by atoms with E-state index in [9.17, 15) is 18.7 Å². The Morgan fingerprint density at radius 3 is 2.65 bits per heavy atom. The number of carbonyl (C=O) groups excluding carboxylic acids is 1. The number of halogens is 2. The molecule has 0 aliphatic rings. The fourth-order valence-corrected chi connectivity index (χ4v) is 3.47. The minimum atomic E-state index is -1.60. The summed E-state index contributed by atoms with van der Waals surface area (Å²) in [7, 11) is 1.78. The lowest BCUT2D eigenvalue weighted by Gasteiger charge is -2.13. The molecule has 4 N–H and O–H groups in total. The molecule has 2 heterocycles. The first-order chi connectivity index (χ1) is 14.7. The van der Waals surface area contributed by atoms with Gasteiger partial charge in [-0.2, -0.15) is 0 Å². The number of nitrogens with zero attached hydrogens (tertiary/aromatic N) is 3. The Kier molecular flexibility index (Phi) is 5.12. The molecule has 1 unspecified atom stereocenters. The maximum atomic E-state index is 15.0. The number of aryl methyl sites for hydroxylation is 2. The van der Waals surface area contributed by atoms with E-state index in [1.165, 1.54) is 30.3 Å². The van der Waals surface area contributed by atoms with Gasteiger partial charge in [-0.05, 0) is 42.8 Å². The summed E-state index contributed by atoms with van der Waals surface area (Å²) in [5.41, 5.74) is 7.64. The summed E-state index contributed by atoms with van der Waals surface area (Å²) in [6.45, 7) is 1.72. The third kappa shape index (κ3) is 3.82. The number of nitrogens with two attached hydrogens (primary N) is 1. The zero-order valence-corrected chi connectivity index (χ0v) is 16.7. The second-order valence-electron chi connectivity index (χ2n) is 7.15. The Bertz CT molecular complexity index is 1320. The summed E-state index contributed by atoms with van der Waals surface area (Å²) in [4.78, 5) is 20.8. The molecule has 0 radical (unpaired) electrons. The summed E-state index contributed by atoms with van der Waals surface area (Å²) < 4.78 is 30.0. The van der Waals surface area contributed by atoms with Gasteiger partial charge < -0.3 is 20.7 Å². The van der Waals surface area contributed by atoms with Gasteiger partial charge in [-0.3, -0.25) is 4.79 Å². The van der Waals surface area contributed by atoms with Gasteiger partial charge in [0.25, 0.3) is 5.91 Å². The van der Waals surface area contributed by atoms with Gasteiger partial charge in [0, 0.05) is 30.1 Å². The molecule has 4 aromatic rings. The van der Waals surface area contributed by atoms with Gasteiger partial charge >= 0.3 is 0 Å². The van der Waals surface area contributed by atoms with E-state index >= 15 is 0 Å². The second-order valence-corrected chi connectivity index (χ2v) is 7.15. The van der Waals surface area contributed by atoms with Crippen LogP contribution in [0.2, 0.25) is 0 Å². The Balaban J connectivity index is 1.64. The summed E-state index contributed by atoms with van der Waals surface area (Å²) in [6, 6.07) is 9.20. The molecule has 0 bridgehead atoms. The van der Waals surface area contributed by atoms with E-state index in [1.54, 1.807) is 24.7 Å². The molecule has 31 heavy (non-hydrogen) atoms. The van der Waals surface area contributed by atoms with E-state index in [0.717, 1.165) is 12.1 Å². The number of benzene rings is 2. The molecule has 158 valence electrons. The number of rotatable bonds is 4. The van der Waals surface area contributed by atoms with Crippen LogP contribution in [0.15, 0.2) is 48.7 Å². The lowest BCUT2D eigenvalue weighted by molar-refractivity contribution is -0.124. The molecule has 0 saturated heterocycles. The largest absolute Gasteiger partial charge is 0.383 e. The van der Waals surface area contributed by atoms with Gasteiger partial charge in [-0.1, -0.05) is 12.1 Å². The first-order valence-corrected chi connectivity index (χ1v) is 9.38. The number of aliphatic hydroxyl groups is 1. The fraction of sp³-hybridized carbons (Fsp3) is 0.136. The first-order valence-electron chi connectivity index (χ1n) is 9.38. The first kappa shape index (κ1) is 20.4. The summed E-state index contributed by atoms with van der Waals surface area (Å²) in [6.07, 6.45) is 0.108. The number of fused-ring (bicyclic) bond motifs is 1. The lowest BCUT2D eigenvalue weighted by Crippen LogP contribution is -2.21. The van der Waals surface area contributed by atoms with Crippen LogP contribution in [-0.4, -0.2) is 25.5 Å². The van der Waals surface area contributed by atoms with Crippen molar-refractivity contribution in [2.75, 3.05) is 11.1 Å². The summed E-state index contributed by atoms with van der Waals surface area (Å²) in [5.74, 6) is -1.24. The number of anilines is 2. The average Bonchev–Trinajstić information content (AvgIpc) is 3.04. The van der Waals surface area contributed by atoms with E-state index in [4.69, 9.17) is 5.73 Å². The van der Waals surface area contributed by atoms with Gasteiger partial charge in [-0.25, -0.2) is 18.7 Å². The Labute approximate surface area is 176 Å². The van der Waals surface area contributed by atoms with Crippen molar-refractivity contribution in [3.63, 3.8) is 0 Å². The van der Waals surface area contributed by atoms with Gasteiger partial charge in [0.1, 0.15) is 28.9 Å². The number of amides is 1. The fourth-order valence-electron chi connectivity index (χ4n) is 3.47.